The van der Waals surface area contributed by atoms with Gasteiger partial charge in [-0.25, -0.2) is 0 Å². The van der Waals surface area contributed by atoms with E-state index in [0.29, 0.717) is 0 Å². The number of likely N-dealkylation sites (tertiary alicyclic amines) is 1. The maximum atomic E-state index is 9.29. The highest BCUT2D eigenvalue weighted by Crippen LogP contribution is 2.30. The van der Waals surface area contributed by atoms with Gasteiger partial charge >= 0.3 is 0 Å². The van der Waals surface area contributed by atoms with Gasteiger partial charge in [0.25, 0.3) is 0 Å². The fourth-order valence-corrected chi connectivity index (χ4v) is 2.01. The number of piperidine rings is 1. The third kappa shape index (κ3) is 2.98. The van der Waals surface area contributed by atoms with E-state index in [1.54, 1.807) is 0 Å². The van der Waals surface area contributed by atoms with Gasteiger partial charge in [0.1, 0.15) is 0 Å². The van der Waals surface area contributed by atoms with Gasteiger partial charge in [-0.2, -0.15) is 0 Å². The average molecular weight is 286 g/mol. The summed E-state index contributed by atoms with van der Waals surface area (Å²) in [4.78, 5) is 2.12. The molecule has 0 bridgehead atoms. The zero-order valence-corrected chi connectivity index (χ0v) is 11.8. The minimum Gasteiger partial charge on any atom is -0.394 e. The molecule has 1 unspecified atom stereocenters. The van der Waals surface area contributed by atoms with Crippen molar-refractivity contribution >= 4 is 15.9 Å². The fraction of sp³-hybridized carbons (Fsp3) is 0.538. The van der Waals surface area contributed by atoms with Crippen LogP contribution in [0.1, 0.15) is 26.7 Å². The van der Waals surface area contributed by atoms with E-state index in [1.807, 2.05) is 7.05 Å². The van der Waals surface area contributed by atoms with E-state index in [-0.39, 0.29) is 12.6 Å². The molecule has 0 radical (unpaired) electrons. The summed E-state index contributed by atoms with van der Waals surface area (Å²) in [5.74, 6) is 0. The van der Waals surface area contributed by atoms with Gasteiger partial charge in [-0.3, -0.25) is 0 Å². The van der Waals surface area contributed by atoms with Gasteiger partial charge in [0.2, 0.25) is 0 Å². The minimum absolute atomic E-state index is 0.202. The Hall–Kier alpha value is -0.540. The average Bonchev–Trinajstić information content (AvgIpc) is 2.24. The van der Waals surface area contributed by atoms with E-state index >= 15 is 0 Å². The largest absolute Gasteiger partial charge is 0.394 e. The second-order valence-corrected chi connectivity index (χ2v) is 5.32. The molecule has 0 aromatic heterocycles. The van der Waals surface area contributed by atoms with Gasteiger partial charge in [-0.15, -0.1) is 0 Å². The molecule has 0 aromatic rings. The first kappa shape index (κ1) is 13.5. The molecule has 0 spiro atoms. The van der Waals surface area contributed by atoms with Crippen LogP contribution < -0.4 is 0 Å². The van der Waals surface area contributed by atoms with Crippen molar-refractivity contribution < 1.29 is 5.11 Å². The summed E-state index contributed by atoms with van der Waals surface area (Å²) in [7, 11) is 2.02. The second-order valence-electron chi connectivity index (χ2n) is 4.47. The zero-order valence-electron chi connectivity index (χ0n) is 10.3. The van der Waals surface area contributed by atoms with E-state index in [1.165, 1.54) is 5.57 Å². The van der Waals surface area contributed by atoms with Gasteiger partial charge in [0.15, 0.2) is 0 Å². The molecule has 0 amide bonds. The Morgan fingerprint density at radius 1 is 1.62 bits per heavy atom. The summed E-state index contributed by atoms with van der Waals surface area (Å²) in [5.41, 5.74) is 3.50. The lowest BCUT2D eigenvalue weighted by Crippen LogP contribution is -2.38. The number of aliphatic hydroxyl groups is 1. The lowest BCUT2D eigenvalue weighted by atomic mass is 9.96. The monoisotopic (exact) mass is 285 g/mol. The van der Waals surface area contributed by atoms with Crippen molar-refractivity contribution in [3.05, 3.63) is 34.0 Å². The molecule has 0 aliphatic carbocycles. The van der Waals surface area contributed by atoms with Crippen LogP contribution >= 0.6 is 15.9 Å². The Balaban J connectivity index is 3.00. The van der Waals surface area contributed by atoms with Crippen molar-refractivity contribution in [1.29, 1.82) is 0 Å². The van der Waals surface area contributed by atoms with E-state index in [2.05, 4.69) is 47.3 Å². The number of hydrogen-bond acceptors (Lipinski definition) is 2. The predicted octanol–water partition coefficient (Wildman–Crippen LogP) is 3.20. The Bertz CT molecular complexity index is 340. The fourth-order valence-electron chi connectivity index (χ4n) is 1.79. The first-order valence-corrected chi connectivity index (χ1v) is 6.33. The van der Waals surface area contributed by atoms with Crippen LogP contribution in [0.4, 0.5) is 0 Å². The molecule has 1 aliphatic heterocycles. The van der Waals surface area contributed by atoms with E-state index < -0.39 is 0 Å². The number of rotatable bonds is 2. The van der Waals surface area contributed by atoms with Crippen LogP contribution in [0.5, 0.6) is 0 Å². The smallest absolute Gasteiger partial charge is 0.0635 e. The van der Waals surface area contributed by atoms with Gasteiger partial charge < -0.3 is 10.0 Å². The Labute approximate surface area is 106 Å². The SMILES string of the molecule is C=C1CCC(CO)N(C)/C1=C/C(Br)=C(C)C. The standard InChI is InChI=1S/C13H20BrNO/c1-9(2)12(14)7-13-10(3)5-6-11(8-16)15(13)4/h7,11,16H,3,5-6,8H2,1-2,4H3/b13-7+. The molecular weight excluding hydrogens is 266 g/mol. The quantitative estimate of drug-likeness (QED) is 0.842. The molecule has 0 saturated carbocycles. The van der Waals surface area contributed by atoms with Gasteiger partial charge in [-0.05, 0) is 38.3 Å². The Kier molecular flexibility index (Phi) is 4.81. The number of halogens is 1. The molecule has 1 saturated heterocycles. The van der Waals surface area contributed by atoms with Crippen molar-refractivity contribution in [3.63, 3.8) is 0 Å². The number of aliphatic hydroxyl groups excluding tert-OH is 1. The highest BCUT2D eigenvalue weighted by Gasteiger charge is 2.23. The molecule has 1 aliphatic rings. The first-order valence-electron chi connectivity index (χ1n) is 5.54. The molecule has 3 heteroatoms. The van der Waals surface area contributed by atoms with Crippen LogP contribution in [0.25, 0.3) is 0 Å². The van der Waals surface area contributed by atoms with Crippen LogP contribution in [-0.2, 0) is 0 Å². The molecule has 1 atom stereocenters. The van der Waals surface area contributed by atoms with Crippen LogP contribution in [0.2, 0.25) is 0 Å². The second kappa shape index (κ2) is 5.69. The molecular formula is C13H20BrNO. The summed E-state index contributed by atoms with van der Waals surface area (Å²) in [5, 5.41) is 9.29. The van der Waals surface area contributed by atoms with Crippen LogP contribution in [0, 0.1) is 0 Å². The Morgan fingerprint density at radius 3 is 2.75 bits per heavy atom. The molecule has 1 N–H and O–H groups in total. The predicted molar refractivity (Wildman–Crippen MR) is 72.4 cm³/mol. The molecule has 1 rings (SSSR count). The maximum Gasteiger partial charge on any atom is 0.0635 e. The normalized spacial score (nSPS) is 23.8. The maximum absolute atomic E-state index is 9.29. The summed E-state index contributed by atoms with van der Waals surface area (Å²) in [6, 6.07) is 0.217. The molecule has 90 valence electrons. The van der Waals surface area contributed by atoms with E-state index in [9.17, 15) is 5.11 Å². The van der Waals surface area contributed by atoms with Crippen LogP contribution in [0.15, 0.2) is 34.0 Å². The van der Waals surface area contributed by atoms with Crippen molar-refractivity contribution in [2.24, 2.45) is 0 Å². The Morgan fingerprint density at radius 2 is 2.25 bits per heavy atom. The third-order valence-corrected chi connectivity index (χ3v) is 4.04. The lowest BCUT2D eigenvalue weighted by Gasteiger charge is -2.36. The van der Waals surface area contributed by atoms with Crippen molar-refractivity contribution in [2.45, 2.75) is 32.7 Å². The summed E-state index contributed by atoms with van der Waals surface area (Å²) in [6.45, 7) is 8.43. The molecule has 0 aromatic carbocycles. The number of likely N-dealkylation sites (N-methyl/N-ethyl adjacent to an activating group) is 1. The van der Waals surface area contributed by atoms with Crippen molar-refractivity contribution in [3.8, 4) is 0 Å². The number of nitrogens with zero attached hydrogens (tertiary/aromatic N) is 1. The van der Waals surface area contributed by atoms with Crippen LogP contribution in [-0.4, -0.2) is 29.7 Å². The molecule has 1 fully saturated rings. The lowest BCUT2D eigenvalue weighted by molar-refractivity contribution is 0.157. The molecule has 16 heavy (non-hydrogen) atoms. The van der Waals surface area contributed by atoms with Crippen molar-refractivity contribution in [1.82, 2.24) is 4.90 Å². The number of allylic oxidation sites excluding steroid dienone is 4. The third-order valence-electron chi connectivity index (χ3n) is 3.02. The van der Waals surface area contributed by atoms with Gasteiger partial charge in [0.05, 0.1) is 12.6 Å². The first-order chi connectivity index (χ1) is 7.47. The zero-order chi connectivity index (χ0) is 12.3. The minimum atomic E-state index is 0.202. The van der Waals surface area contributed by atoms with Crippen molar-refractivity contribution in [2.75, 3.05) is 13.7 Å². The topological polar surface area (TPSA) is 23.5 Å². The van der Waals surface area contributed by atoms with E-state index in [4.69, 9.17) is 0 Å². The van der Waals surface area contributed by atoms with Gasteiger partial charge in [0, 0.05) is 17.2 Å². The summed E-state index contributed by atoms with van der Waals surface area (Å²) < 4.78 is 1.09. The number of hydrogen-bond donors (Lipinski definition) is 1. The van der Waals surface area contributed by atoms with Gasteiger partial charge in [-0.1, -0.05) is 28.1 Å². The highest BCUT2D eigenvalue weighted by atomic mass is 79.9. The summed E-state index contributed by atoms with van der Waals surface area (Å²) >= 11 is 3.55. The van der Waals surface area contributed by atoms with E-state index in [0.717, 1.165) is 28.6 Å². The molecule has 1 heterocycles. The molecule has 2 nitrogen and oxygen atoms in total. The highest BCUT2D eigenvalue weighted by molar-refractivity contribution is 9.11. The van der Waals surface area contributed by atoms with Crippen LogP contribution in [0.3, 0.4) is 0 Å². The summed E-state index contributed by atoms with van der Waals surface area (Å²) in [6.07, 6.45) is 4.04.